The molecule has 1 aliphatic carbocycles. The molecule has 2 atom stereocenters. The number of amides is 1. The molecule has 0 aromatic heterocycles. The molecule has 134 valence electrons. The van der Waals surface area contributed by atoms with Gasteiger partial charge in [0.25, 0.3) is 0 Å². The van der Waals surface area contributed by atoms with Crippen molar-refractivity contribution in [3.63, 3.8) is 0 Å². The molecule has 2 aliphatic rings. The van der Waals surface area contributed by atoms with E-state index in [-0.39, 0.29) is 11.9 Å². The minimum absolute atomic E-state index is 0.123. The van der Waals surface area contributed by atoms with Crippen molar-refractivity contribution in [1.29, 1.82) is 0 Å². The van der Waals surface area contributed by atoms with Crippen molar-refractivity contribution in [2.24, 2.45) is 5.92 Å². The summed E-state index contributed by atoms with van der Waals surface area (Å²) in [6.07, 6.45) is 1.69. The Morgan fingerprint density at radius 3 is 2.65 bits per heavy atom. The van der Waals surface area contributed by atoms with Crippen LogP contribution in [0.25, 0.3) is 0 Å². The van der Waals surface area contributed by atoms with Gasteiger partial charge in [0.05, 0.1) is 0 Å². The maximum Gasteiger partial charge on any atom is 0.410 e. The lowest BCUT2D eigenvalue weighted by atomic mass is 9.75. The van der Waals surface area contributed by atoms with E-state index < -0.39 is 0 Å². The summed E-state index contributed by atoms with van der Waals surface area (Å²) in [5, 5.41) is 0. The number of ether oxygens (including phenoxy) is 1. The molecule has 1 amide bonds. The topological polar surface area (TPSA) is 46.6 Å². The molecule has 2 aromatic carbocycles. The second-order valence-electron chi connectivity index (χ2n) is 7.28. The van der Waals surface area contributed by atoms with Crippen LogP contribution in [0.1, 0.15) is 46.3 Å². The highest BCUT2D eigenvalue weighted by Crippen LogP contribution is 2.42. The van der Waals surface area contributed by atoms with Gasteiger partial charge in [-0.1, -0.05) is 48.5 Å². The number of likely N-dealkylation sites (tertiary alicyclic amines) is 1. The zero-order valence-electron chi connectivity index (χ0n) is 15.0. The molecule has 0 saturated carbocycles. The predicted octanol–water partition coefficient (Wildman–Crippen LogP) is 4.19. The molecule has 1 saturated heterocycles. The van der Waals surface area contributed by atoms with Gasteiger partial charge in [-0.15, -0.1) is 0 Å². The molecule has 2 aromatic rings. The molecule has 4 heteroatoms. The highest BCUT2D eigenvalue weighted by atomic mass is 16.6. The fourth-order valence-corrected chi connectivity index (χ4v) is 4.37. The summed E-state index contributed by atoms with van der Waals surface area (Å²) in [5.41, 5.74) is 4.26. The second-order valence-corrected chi connectivity index (χ2v) is 7.28. The van der Waals surface area contributed by atoms with E-state index in [0.29, 0.717) is 25.0 Å². The first-order chi connectivity index (χ1) is 12.6. The normalized spacial score (nSPS) is 21.0. The number of hydrogen-bond donors (Lipinski definition) is 0. The van der Waals surface area contributed by atoms with Gasteiger partial charge in [-0.05, 0) is 42.4 Å². The minimum atomic E-state index is -0.243. The smallest absolute Gasteiger partial charge is 0.410 e. The quantitative estimate of drug-likeness (QED) is 0.781. The van der Waals surface area contributed by atoms with Crippen molar-refractivity contribution in [1.82, 2.24) is 4.90 Å². The van der Waals surface area contributed by atoms with Crippen LogP contribution in [0.15, 0.2) is 48.5 Å². The van der Waals surface area contributed by atoms with Crippen molar-refractivity contribution in [3.05, 3.63) is 70.8 Å². The SMILES string of the molecule is CC(=O)c1cccc2c1CC[C@H]1CN(C(=O)OCc3ccccc3)C[C@@H]21. The van der Waals surface area contributed by atoms with Crippen LogP contribution in [0.2, 0.25) is 0 Å². The van der Waals surface area contributed by atoms with E-state index in [4.69, 9.17) is 4.74 Å². The number of Topliss-reactive ketones (excluding diaryl/α,β-unsaturated/α-hetero) is 1. The maximum absolute atomic E-state index is 12.5. The fourth-order valence-electron chi connectivity index (χ4n) is 4.37. The molecule has 1 heterocycles. The fraction of sp³-hybridized carbons (Fsp3) is 0.364. The number of ketones is 1. The van der Waals surface area contributed by atoms with Crippen LogP contribution < -0.4 is 0 Å². The molecule has 0 bridgehead atoms. The molecule has 0 radical (unpaired) electrons. The van der Waals surface area contributed by atoms with Gasteiger partial charge in [-0.25, -0.2) is 4.79 Å². The summed E-state index contributed by atoms with van der Waals surface area (Å²) in [6.45, 7) is 3.34. The summed E-state index contributed by atoms with van der Waals surface area (Å²) in [5.74, 6) is 0.883. The standard InChI is InChI=1S/C22H23NO3/c1-15(24)18-8-5-9-19-20(18)11-10-17-12-23(13-21(17)19)22(25)26-14-16-6-3-2-4-7-16/h2-9,17,21H,10-14H2,1H3/t17-,21+/m0/s1. The van der Waals surface area contributed by atoms with Crippen molar-refractivity contribution < 1.29 is 14.3 Å². The maximum atomic E-state index is 12.5. The van der Waals surface area contributed by atoms with Gasteiger partial charge < -0.3 is 9.64 Å². The summed E-state index contributed by atoms with van der Waals surface area (Å²) in [6, 6.07) is 15.7. The molecule has 0 unspecified atom stereocenters. The van der Waals surface area contributed by atoms with E-state index in [1.165, 1.54) is 11.1 Å². The lowest BCUT2D eigenvalue weighted by molar-refractivity contribution is 0.101. The number of fused-ring (bicyclic) bond motifs is 3. The minimum Gasteiger partial charge on any atom is -0.445 e. The summed E-state index contributed by atoms with van der Waals surface area (Å²) in [7, 11) is 0. The van der Waals surface area contributed by atoms with Gasteiger partial charge in [-0.3, -0.25) is 4.79 Å². The molecule has 1 fully saturated rings. The zero-order valence-corrected chi connectivity index (χ0v) is 15.0. The van der Waals surface area contributed by atoms with Crippen molar-refractivity contribution in [2.45, 2.75) is 32.3 Å². The van der Waals surface area contributed by atoms with E-state index in [0.717, 1.165) is 30.5 Å². The predicted molar refractivity (Wildman–Crippen MR) is 99.2 cm³/mol. The Kier molecular flexibility index (Phi) is 4.49. The number of rotatable bonds is 3. The van der Waals surface area contributed by atoms with Crippen LogP contribution in [-0.2, 0) is 17.8 Å². The second kappa shape index (κ2) is 6.94. The summed E-state index contributed by atoms with van der Waals surface area (Å²) in [4.78, 5) is 26.2. The molecule has 0 spiro atoms. The molecule has 4 nitrogen and oxygen atoms in total. The Bertz CT molecular complexity index is 831. The van der Waals surface area contributed by atoms with E-state index >= 15 is 0 Å². The Balaban J connectivity index is 1.47. The average molecular weight is 349 g/mol. The number of carbonyl (C=O) groups excluding carboxylic acids is 2. The number of carbonyl (C=O) groups is 2. The lowest BCUT2D eigenvalue weighted by Crippen LogP contribution is -2.29. The Morgan fingerprint density at radius 1 is 1.08 bits per heavy atom. The third-order valence-electron chi connectivity index (χ3n) is 5.66. The van der Waals surface area contributed by atoms with Crippen molar-refractivity contribution >= 4 is 11.9 Å². The van der Waals surface area contributed by atoms with Crippen LogP contribution in [0.3, 0.4) is 0 Å². The van der Waals surface area contributed by atoms with Crippen LogP contribution in [0, 0.1) is 5.92 Å². The van der Waals surface area contributed by atoms with E-state index in [1.54, 1.807) is 6.92 Å². The Labute approximate surface area is 153 Å². The summed E-state index contributed by atoms with van der Waals surface area (Å²) >= 11 is 0. The van der Waals surface area contributed by atoms with Crippen LogP contribution in [0.5, 0.6) is 0 Å². The van der Waals surface area contributed by atoms with Crippen LogP contribution in [-0.4, -0.2) is 29.9 Å². The van der Waals surface area contributed by atoms with E-state index in [9.17, 15) is 9.59 Å². The van der Waals surface area contributed by atoms with Gasteiger partial charge in [0, 0.05) is 24.6 Å². The molecular weight excluding hydrogens is 326 g/mol. The number of benzene rings is 2. The molecule has 1 aliphatic heterocycles. The van der Waals surface area contributed by atoms with Crippen molar-refractivity contribution in [3.8, 4) is 0 Å². The largest absolute Gasteiger partial charge is 0.445 e. The third kappa shape index (κ3) is 3.12. The highest BCUT2D eigenvalue weighted by Gasteiger charge is 2.40. The molecule has 26 heavy (non-hydrogen) atoms. The summed E-state index contributed by atoms with van der Waals surface area (Å²) < 4.78 is 5.50. The lowest BCUT2D eigenvalue weighted by Gasteiger charge is -2.28. The van der Waals surface area contributed by atoms with E-state index in [2.05, 4.69) is 6.07 Å². The Hall–Kier alpha value is -2.62. The van der Waals surface area contributed by atoms with Gasteiger partial charge in [0.15, 0.2) is 5.78 Å². The first-order valence-corrected chi connectivity index (χ1v) is 9.22. The zero-order chi connectivity index (χ0) is 18.1. The molecule has 4 rings (SSSR count). The monoisotopic (exact) mass is 349 g/mol. The highest BCUT2D eigenvalue weighted by molar-refractivity contribution is 5.96. The first kappa shape index (κ1) is 16.8. The van der Waals surface area contributed by atoms with E-state index in [1.807, 2.05) is 47.4 Å². The van der Waals surface area contributed by atoms with Gasteiger partial charge >= 0.3 is 6.09 Å². The first-order valence-electron chi connectivity index (χ1n) is 9.22. The van der Waals surface area contributed by atoms with Gasteiger partial charge in [0.2, 0.25) is 0 Å². The number of hydrogen-bond acceptors (Lipinski definition) is 3. The number of nitrogens with zero attached hydrogens (tertiary/aromatic N) is 1. The van der Waals surface area contributed by atoms with Crippen LogP contribution >= 0.6 is 0 Å². The Morgan fingerprint density at radius 2 is 1.88 bits per heavy atom. The molecule has 0 N–H and O–H groups in total. The van der Waals surface area contributed by atoms with Gasteiger partial charge in [0.1, 0.15) is 6.61 Å². The van der Waals surface area contributed by atoms with Crippen LogP contribution in [0.4, 0.5) is 4.79 Å². The third-order valence-corrected chi connectivity index (χ3v) is 5.66. The van der Waals surface area contributed by atoms with Crippen molar-refractivity contribution in [2.75, 3.05) is 13.1 Å². The molecular formula is C22H23NO3. The van der Waals surface area contributed by atoms with Gasteiger partial charge in [-0.2, -0.15) is 0 Å². The average Bonchev–Trinajstić information content (AvgIpc) is 3.11.